The maximum absolute atomic E-state index is 7.22. The second-order valence-electron chi connectivity index (χ2n) is 3.95. The first-order valence-electron chi connectivity index (χ1n) is 4.98. The lowest BCUT2D eigenvalue weighted by molar-refractivity contribution is 0.476. The molecule has 82 valence electrons. The van der Waals surface area contributed by atoms with E-state index in [1.807, 2.05) is 18.2 Å². The van der Waals surface area contributed by atoms with Gasteiger partial charge >= 0.3 is 0 Å². The van der Waals surface area contributed by atoms with Crippen LogP contribution in [-0.4, -0.2) is 6.21 Å². The molecule has 1 unspecified atom stereocenters. The van der Waals surface area contributed by atoms with Gasteiger partial charge in [-0.1, -0.05) is 43.1 Å². The van der Waals surface area contributed by atoms with Crippen molar-refractivity contribution >= 4 is 29.4 Å². The molecule has 1 nitrogen and oxygen atoms in total. The van der Waals surface area contributed by atoms with Crippen LogP contribution in [0, 0.1) is 5.41 Å². The Balaban J connectivity index is 3.12. The third kappa shape index (κ3) is 2.73. The molecule has 1 aromatic rings. The van der Waals surface area contributed by atoms with Crippen LogP contribution >= 0.6 is 23.2 Å². The Bertz CT molecular complexity index is 363. The van der Waals surface area contributed by atoms with Gasteiger partial charge in [-0.05, 0) is 42.2 Å². The molecule has 1 aromatic carbocycles. The van der Waals surface area contributed by atoms with Crippen molar-refractivity contribution in [3.05, 3.63) is 33.8 Å². The van der Waals surface area contributed by atoms with Gasteiger partial charge in [0.2, 0.25) is 0 Å². The summed E-state index contributed by atoms with van der Waals surface area (Å²) in [5, 5.41) is 8.38. The third-order valence-corrected chi connectivity index (χ3v) is 3.69. The fourth-order valence-electron chi connectivity index (χ4n) is 1.56. The van der Waals surface area contributed by atoms with Crippen molar-refractivity contribution in [3.63, 3.8) is 0 Å². The van der Waals surface area contributed by atoms with Crippen molar-refractivity contribution in [2.24, 2.45) is 0 Å². The number of hydrogen-bond donors (Lipinski definition) is 1. The van der Waals surface area contributed by atoms with Crippen molar-refractivity contribution in [1.82, 2.24) is 0 Å². The first kappa shape index (κ1) is 12.5. The van der Waals surface area contributed by atoms with Gasteiger partial charge in [0.05, 0.1) is 10.0 Å². The van der Waals surface area contributed by atoms with E-state index in [0.717, 1.165) is 18.4 Å². The van der Waals surface area contributed by atoms with Crippen LogP contribution in [-0.2, 0) is 5.41 Å². The molecule has 0 amide bonds. The number of rotatable bonds is 4. The Hall–Kier alpha value is -0.530. The van der Waals surface area contributed by atoms with Gasteiger partial charge in [0, 0.05) is 0 Å². The van der Waals surface area contributed by atoms with Gasteiger partial charge in [0.15, 0.2) is 0 Å². The maximum atomic E-state index is 7.22. The first-order valence-corrected chi connectivity index (χ1v) is 5.73. The largest absolute Gasteiger partial charge is 0.313 e. The summed E-state index contributed by atoms with van der Waals surface area (Å²) in [7, 11) is 0. The summed E-state index contributed by atoms with van der Waals surface area (Å²) in [6.45, 7) is 4.25. The maximum Gasteiger partial charge on any atom is 0.0595 e. The van der Waals surface area contributed by atoms with Gasteiger partial charge in [-0.25, -0.2) is 0 Å². The molecule has 0 saturated carbocycles. The molecule has 0 aliphatic rings. The summed E-state index contributed by atoms with van der Waals surface area (Å²) in [6, 6.07) is 5.70. The predicted octanol–water partition coefficient (Wildman–Crippen LogP) is 4.70. The van der Waals surface area contributed by atoms with Crippen LogP contribution in [0.4, 0.5) is 0 Å². The molecule has 0 aliphatic carbocycles. The van der Waals surface area contributed by atoms with E-state index in [2.05, 4.69) is 13.8 Å². The molecule has 0 saturated heterocycles. The topological polar surface area (TPSA) is 23.9 Å². The van der Waals surface area contributed by atoms with Crippen LogP contribution in [0.1, 0.15) is 32.3 Å². The summed E-state index contributed by atoms with van der Waals surface area (Å²) in [5.41, 5.74) is 1.12. The average molecular weight is 244 g/mol. The molecule has 3 heteroatoms. The van der Waals surface area contributed by atoms with Crippen molar-refractivity contribution in [2.45, 2.75) is 32.1 Å². The van der Waals surface area contributed by atoms with Gasteiger partial charge < -0.3 is 5.41 Å². The average Bonchev–Trinajstić information content (AvgIpc) is 2.22. The van der Waals surface area contributed by atoms with Gasteiger partial charge in [-0.3, -0.25) is 0 Å². The Morgan fingerprint density at radius 2 is 2.00 bits per heavy atom. The molecule has 15 heavy (non-hydrogen) atoms. The fraction of sp³-hybridized carbons (Fsp3) is 0.417. The second-order valence-corrected chi connectivity index (χ2v) is 4.77. The van der Waals surface area contributed by atoms with E-state index in [-0.39, 0.29) is 5.41 Å². The van der Waals surface area contributed by atoms with E-state index in [4.69, 9.17) is 28.6 Å². The smallest absolute Gasteiger partial charge is 0.0595 e. The zero-order valence-electron chi connectivity index (χ0n) is 8.98. The molecule has 0 aromatic heterocycles. The SMILES string of the molecule is CCC(C)(CC=N)c1ccc(Cl)c(Cl)c1. The number of nitrogens with one attached hydrogen (secondary N) is 1. The number of benzene rings is 1. The standard InChI is InChI=1S/C12H15Cl2N/c1-3-12(2,6-7-15)9-4-5-10(13)11(14)8-9/h4-5,7-8,15H,3,6H2,1-2H3. The monoisotopic (exact) mass is 243 g/mol. The Kier molecular flexibility index (Phi) is 4.18. The molecule has 0 aliphatic heterocycles. The van der Waals surface area contributed by atoms with Crippen molar-refractivity contribution < 1.29 is 0 Å². The number of halogens is 2. The van der Waals surface area contributed by atoms with Crippen LogP contribution in [0.5, 0.6) is 0 Å². The molecule has 0 spiro atoms. The zero-order valence-corrected chi connectivity index (χ0v) is 10.5. The van der Waals surface area contributed by atoms with Crippen molar-refractivity contribution in [3.8, 4) is 0 Å². The highest BCUT2D eigenvalue weighted by Crippen LogP contribution is 2.34. The fourth-order valence-corrected chi connectivity index (χ4v) is 1.86. The lowest BCUT2D eigenvalue weighted by Crippen LogP contribution is -2.21. The lowest BCUT2D eigenvalue weighted by atomic mass is 9.78. The Labute approximate surface area is 101 Å². The van der Waals surface area contributed by atoms with E-state index in [9.17, 15) is 0 Å². The molecule has 1 rings (SSSR count). The van der Waals surface area contributed by atoms with Crippen LogP contribution in [0.2, 0.25) is 10.0 Å². The van der Waals surface area contributed by atoms with Gasteiger partial charge in [0.25, 0.3) is 0 Å². The summed E-state index contributed by atoms with van der Waals surface area (Å²) >= 11 is 11.9. The summed E-state index contributed by atoms with van der Waals surface area (Å²) < 4.78 is 0. The minimum absolute atomic E-state index is 0.0179. The van der Waals surface area contributed by atoms with E-state index < -0.39 is 0 Å². The van der Waals surface area contributed by atoms with E-state index >= 15 is 0 Å². The van der Waals surface area contributed by atoms with E-state index in [1.54, 1.807) is 0 Å². The highest BCUT2D eigenvalue weighted by Gasteiger charge is 2.23. The third-order valence-electron chi connectivity index (χ3n) is 2.95. The van der Waals surface area contributed by atoms with Crippen LogP contribution in [0.3, 0.4) is 0 Å². The molecule has 0 heterocycles. The van der Waals surface area contributed by atoms with Gasteiger partial charge in [-0.15, -0.1) is 0 Å². The highest BCUT2D eigenvalue weighted by molar-refractivity contribution is 6.42. The van der Waals surface area contributed by atoms with Crippen LogP contribution in [0.15, 0.2) is 18.2 Å². The number of hydrogen-bond acceptors (Lipinski definition) is 1. The van der Waals surface area contributed by atoms with Crippen molar-refractivity contribution in [1.29, 1.82) is 5.41 Å². The normalized spacial score (nSPS) is 14.7. The Morgan fingerprint density at radius 1 is 1.33 bits per heavy atom. The van der Waals surface area contributed by atoms with Crippen LogP contribution in [0.25, 0.3) is 0 Å². The minimum atomic E-state index is -0.0179. The zero-order chi connectivity index (χ0) is 11.5. The second kappa shape index (κ2) is 5.00. The summed E-state index contributed by atoms with van der Waals surface area (Å²) in [4.78, 5) is 0. The first-order chi connectivity index (χ1) is 7.03. The Morgan fingerprint density at radius 3 is 2.47 bits per heavy atom. The molecule has 0 fully saturated rings. The summed E-state index contributed by atoms with van der Waals surface area (Å²) in [6.07, 6.45) is 3.15. The molecule has 1 atom stereocenters. The lowest BCUT2D eigenvalue weighted by Gasteiger charge is -2.27. The molecular formula is C12H15Cl2N. The van der Waals surface area contributed by atoms with E-state index in [1.165, 1.54) is 6.21 Å². The predicted molar refractivity (Wildman–Crippen MR) is 67.5 cm³/mol. The van der Waals surface area contributed by atoms with E-state index in [0.29, 0.717) is 10.0 Å². The molecule has 0 bridgehead atoms. The van der Waals surface area contributed by atoms with Gasteiger partial charge in [-0.2, -0.15) is 0 Å². The quantitative estimate of drug-likeness (QED) is 0.742. The van der Waals surface area contributed by atoms with Crippen molar-refractivity contribution in [2.75, 3.05) is 0 Å². The molecular weight excluding hydrogens is 229 g/mol. The summed E-state index contributed by atoms with van der Waals surface area (Å²) in [5.74, 6) is 0. The highest BCUT2D eigenvalue weighted by atomic mass is 35.5. The van der Waals surface area contributed by atoms with Crippen LogP contribution < -0.4 is 0 Å². The van der Waals surface area contributed by atoms with Gasteiger partial charge in [0.1, 0.15) is 0 Å². The molecule has 0 radical (unpaired) electrons. The molecule has 1 N–H and O–H groups in total. The minimum Gasteiger partial charge on any atom is -0.313 e.